The highest BCUT2D eigenvalue weighted by atomic mass is 16.5. The Bertz CT molecular complexity index is 744. The smallest absolute Gasteiger partial charge is 0.113 e. The van der Waals surface area contributed by atoms with Crippen LogP contribution < -0.4 is 0 Å². The largest absolute Gasteiger partial charge is 0.374 e. The molecule has 0 radical (unpaired) electrons. The third-order valence-electron chi connectivity index (χ3n) is 4.09. The van der Waals surface area contributed by atoms with Gasteiger partial charge in [-0.25, -0.2) is 4.68 Å². The van der Waals surface area contributed by atoms with Gasteiger partial charge in [-0.1, -0.05) is 36.1 Å². The predicted octanol–water partition coefficient (Wildman–Crippen LogP) is 3.77. The van der Waals surface area contributed by atoms with Gasteiger partial charge in [-0.2, -0.15) is 0 Å². The molecule has 4 heteroatoms. The van der Waals surface area contributed by atoms with Crippen molar-refractivity contribution >= 4 is 0 Å². The Morgan fingerprint density at radius 2 is 1.96 bits per heavy atom. The first-order valence-corrected chi connectivity index (χ1v) is 8.57. The first kappa shape index (κ1) is 16.7. The standard InChI is InChI=1S/C20H25N3O/c1-15-13-18(15)10-7-16-5-8-17(9-6-16)19-14-23(22-21-19)11-12-24-20(2,3)4/h5-6,8-9,14-15,18H,11-13H2,1-4H3. The van der Waals surface area contributed by atoms with Gasteiger partial charge in [0.25, 0.3) is 0 Å². The minimum absolute atomic E-state index is 0.126. The van der Waals surface area contributed by atoms with Crippen LogP contribution in [0.25, 0.3) is 11.3 Å². The van der Waals surface area contributed by atoms with Crippen molar-refractivity contribution in [1.82, 2.24) is 15.0 Å². The summed E-state index contributed by atoms with van der Waals surface area (Å²) in [5, 5.41) is 8.42. The van der Waals surface area contributed by atoms with Gasteiger partial charge in [0, 0.05) is 17.0 Å². The molecular formula is C20H25N3O. The number of ether oxygens (including phenoxy) is 1. The predicted molar refractivity (Wildman–Crippen MR) is 95.3 cm³/mol. The van der Waals surface area contributed by atoms with E-state index in [-0.39, 0.29) is 5.60 Å². The van der Waals surface area contributed by atoms with Gasteiger partial charge in [0.15, 0.2) is 0 Å². The van der Waals surface area contributed by atoms with Crippen LogP contribution in [-0.4, -0.2) is 27.2 Å². The topological polar surface area (TPSA) is 39.9 Å². The molecule has 3 rings (SSSR count). The second kappa shape index (κ2) is 6.78. The maximum absolute atomic E-state index is 5.72. The van der Waals surface area contributed by atoms with Crippen LogP contribution in [0.15, 0.2) is 30.5 Å². The quantitative estimate of drug-likeness (QED) is 0.804. The molecule has 1 aromatic heterocycles. The van der Waals surface area contributed by atoms with Crippen LogP contribution >= 0.6 is 0 Å². The normalized spacial score (nSPS) is 19.7. The van der Waals surface area contributed by atoms with Gasteiger partial charge >= 0.3 is 0 Å². The second-order valence-corrected chi connectivity index (χ2v) is 7.49. The Labute approximate surface area is 144 Å². The fraction of sp³-hybridized carbons (Fsp3) is 0.500. The van der Waals surface area contributed by atoms with Crippen molar-refractivity contribution in [1.29, 1.82) is 0 Å². The van der Waals surface area contributed by atoms with Crippen molar-refractivity contribution in [2.24, 2.45) is 11.8 Å². The molecule has 1 aliphatic carbocycles. The van der Waals surface area contributed by atoms with E-state index in [1.165, 1.54) is 6.42 Å². The summed E-state index contributed by atoms with van der Waals surface area (Å²) in [6.07, 6.45) is 3.20. The monoisotopic (exact) mass is 323 g/mol. The lowest BCUT2D eigenvalue weighted by Gasteiger charge is -2.19. The number of benzene rings is 1. The van der Waals surface area contributed by atoms with Crippen LogP contribution in [-0.2, 0) is 11.3 Å². The number of hydrogen-bond donors (Lipinski definition) is 0. The molecule has 0 spiro atoms. The summed E-state index contributed by atoms with van der Waals surface area (Å²) in [7, 11) is 0. The van der Waals surface area contributed by atoms with Crippen molar-refractivity contribution < 1.29 is 4.74 Å². The van der Waals surface area contributed by atoms with Crippen molar-refractivity contribution in [2.75, 3.05) is 6.61 Å². The summed E-state index contributed by atoms with van der Waals surface area (Å²) in [4.78, 5) is 0. The zero-order chi connectivity index (χ0) is 17.2. The van der Waals surface area contributed by atoms with Gasteiger partial charge in [0.2, 0.25) is 0 Å². The average molecular weight is 323 g/mol. The average Bonchev–Trinajstić information content (AvgIpc) is 3.04. The molecule has 24 heavy (non-hydrogen) atoms. The summed E-state index contributed by atoms with van der Waals surface area (Å²) in [5.41, 5.74) is 2.87. The second-order valence-electron chi connectivity index (χ2n) is 7.49. The Morgan fingerprint density at radius 3 is 2.58 bits per heavy atom. The zero-order valence-electron chi connectivity index (χ0n) is 14.9. The fourth-order valence-electron chi connectivity index (χ4n) is 2.41. The molecule has 0 aliphatic heterocycles. The fourth-order valence-corrected chi connectivity index (χ4v) is 2.41. The van der Waals surface area contributed by atoms with Gasteiger partial charge < -0.3 is 4.74 Å². The minimum Gasteiger partial charge on any atom is -0.374 e. The summed E-state index contributed by atoms with van der Waals surface area (Å²) < 4.78 is 7.54. The van der Waals surface area contributed by atoms with Crippen molar-refractivity contribution in [3.8, 4) is 23.1 Å². The molecule has 2 aromatic rings. The third-order valence-corrected chi connectivity index (χ3v) is 4.09. The van der Waals surface area contributed by atoms with Crippen molar-refractivity contribution in [2.45, 2.75) is 46.3 Å². The number of nitrogens with zero attached hydrogens (tertiary/aromatic N) is 3. The van der Waals surface area contributed by atoms with Gasteiger partial charge in [-0.3, -0.25) is 0 Å². The lowest BCUT2D eigenvalue weighted by atomic mass is 10.1. The van der Waals surface area contributed by atoms with E-state index in [1.807, 2.05) is 31.6 Å². The third kappa shape index (κ3) is 4.69. The van der Waals surface area contributed by atoms with Gasteiger partial charge in [-0.15, -0.1) is 5.10 Å². The molecule has 1 saturated carbocycles. The van der Waals surface area contributed by atoms with Gasteiger partial charge in [-0.05, 0) is 45.2 Å². The van der Waals surface area contributed by atoms with E-state index in [9.17, 15) is 0 Å². The summed E-state index contributed by atoms with van der Waals surface area (Å²) >= 11 is 0. The molecule has 2 atom stereocenters. The van der Waals surface area contributed by atoms with Crippen LogP contribution in [0.5, 0.6) is 0 Å². The summed E-state index contributed by atoms with van der Waals surface area (Å²) in [6, 6.07) is 8.22. The zero-order valence-corrected chi connectivity index (χ0v) is 14.9. The Kier molecular flexibility index (Phi) is 4.73. The summed E-state index contributed by atoms with van der Waals surface area (Å²) in [6.45, 7) is 9.72. The van der Waals surface area contributed by atoms with E-state index in [0.717, 1.165) is 22.7 Å². The van der Waals surface area contributed by atoms with E-state index < -0.39 is 0 Å². The number of aromatic nitrogens is 3. The lowest BCUT2D eigenvalue weighted by Crippen LogP contribution is -2.22. The van der Waals surface area contributed by atoms with E-state index in [4.69, 9.17) is 4.74 Å². The Hall–Kier alpha value is -2.12. The number of hydrogen-bond acceptors (Lipinski definition) is 3. The van der Waals surface area contributed by atoms with E-state index in [1.54, 1.807) is 0 Å². The van der Waals surface area contributed by atoms with Crippen LogP contribution in [0.3, 0.4) is 0 Å². The maximum atomic E-state index is 5.72. The van der Waals surface area contributed by atoms with E-state index >= 15 is 0 Å². The highest BCUT2D eigenvalue weighted by molar-refractivity contribution is 5.59. The SMILES string of the molecule is CC1CC1C#Cc1ccc(-c2cn(CCOC(C)(C)C)nn2)cc1. The first-order chi connectivity index (χ1) is 11.4. The lowest BCUT2D eigenvalue weighted by molar-refractivity contribution is -0.00805. The molecule has 0 N–H and O–H groups in total. The van der Waals surface area contributed by atoms with Crippen LogP contribution in [0.4, 0.5) is 0 Å². The molecule has 126 valence electrons. The van der Waals surface area contributed by atoms with Crippen LogP contribution in [0.1, 0.15) is 39.7 Å². The first-order valence-electron chi connectivity index (χ1n) is 8.57. The molecule has 0 bridgehead atoms. The van der Waals surface area contributed by atoms with Crippen molar-refractivity contribution in [3.05, 3.63) is 36.0 Å². The molecule has 0 saturated heterocycles. The Morgan fingerprint density at radius 1 is 1.25 bits per heavy atom. The van der Waals surface area contributed by atoms with Crippen molar-refractivity contribution in [3.63, 3.8) is 0 Å². The number of rotatable bonds is 4. The van der Waals surface area contributed by atoms with Gasteiger partial charge in [0.1, 0.15) is 5.69 Å². The summed E-state index contributed by atoms with van der Waals surface area (Å²) in [5.74, 6) is 7.95. The van der Waals surface area contributed by atoms with E-state index in [0.29, 0.717) is 19.1 Å². The van der Waals surface area contributed by atoms with Gasteiger partial charge in [0.05, 0.1) is 24.9 Å². The van der Waals surface area contributed by atoms with E-state index in [2.05, 4.69) is 53.3 Å². The molecule has 0 amide bonds. The highest BCUT2D eigenvalue weighted by Gasteiger charge is 2.30. The molecule has 2 unspecified atom stereocenters. The molecular weight excluding hydrogens is 298 g/mol. The van der Waals surface area contributed by atoms with Crippen LogP contribution in [0, 0.1) is 23.7 Å². The molecule has 4 nitrogen and oxygen atoms in total. The van der Waals surface area contributed by atoms with Crippen LogP contribution in [0.2, 0.25) is 0 Å². The molecule has 1 aliphatic rings. The maximum Gasteiger partial charge on any atom is 0.113 e. The Balaban J connectivity index is 1.59. The molecule has 1 fully saturated rings. The molecule has 1 aromatic carbocycles. The molecule has 1 heterocycles. The minimum atomic E-state index is -0.126. The highest BCUT2D eigenvalue weighted by Crippen LogP contribution is 2.36.